The van der Waals surface area contributed by atoms with E-state index >= 15 is 0 Å². The maximum atomic E-state index is 12.5. The molecule has 4 heterocycles. The van der Waals surface area contributed by atoms with Gasteiger partial charge in [0.15, 0.2) is 0 Å². The summed E-state index contributed by atoms with van der Waals surface area (Å²) in [6, 6.07) is 3.98. The van der Waals surface area contributed by atoms with E-state index in [9.17, 15) is 9.90 Å². The number of carbonyl (C=O) groups is 1. The molecule has 1 atom stereocenters. The number of nitrogens with zero attached hydrogens (tertiary/aromatic N) is 4. The van der Waals surface area contributed by atoms with Gasteiger partial charge in [-0.1, -0.05) is 0 Å². The van der Waals surface area contributed by atoms with Gasteiger partial charge in [0.05, 0.1) is 11.7 Å². The summed E-state index contributed by atoms with van der Waals surface area (Å²) in [4.78, 5) is 21.2. The highest BCUT2D eigenvalue weighted by Gasteiger charge is 2.29. The van der Waals surface area contributed by atoms with Gasteiger partial charge in [-0.2, -0.15) is 0 Å². The van der Waals surface area contributed by atoms with Crippen LogP contribution in [-0.2, 0) is 13.5 Å². The van der Waals surface area contributed by atoms with E-state index in [0.29, 0.717) is 6.54 Å². The van der Waals surface area contributed by atoms with Crippen LogP contribution in [0.3, 0.4) is 0 Å². The molecule has 0 spiro atoms. The van der Waals surface area contributed by atoms with Gasteiger partial charge in [-0.25, -0.2) is 4.98 Å². The number of hydrogen-bond acceptors (Lipinski definition) is 4. The minimum absolute atomic E-state index is 0.0831. The van der Waals surface area contributed by atoms with Crippen LogP contribution >= 0.6 is 0 Å². The predicted molar refractivity (Wildman–Crippen MR) is 88.8 cm³/mol. The lowest BCUT2D eigenvalue weighted by molar-refractivity contribution is 0.0781. The number of likely N-dealkylation sites (N-methyl/N-ethyl adjacent to an activating group) is 1. The predicted octanol–water partition coefficient (Wildman–Crippen LogP) is 1.16. The lowest BCUT2D eigenvalue weighted by Gasteiger charge is -2.31. The summed E-state index contributed by atoms with van der Waals surface area (Å²) >= 11 is 0. The van der Waals surface area contributed by atoms with Crippen molar-refractivity contribution in [2.75, 3.05) is 31.6 Å². The van der Waals surface area contributed by atoms with E-state index in [2.05, 4.69) is 9.47 Å². The van der Waals surface area contributed by atoms with Crippen molar-refractivity contribution in [3.05, 3.63) is 23.4 Å². The molecule has 0 saturated carbocycles. The highest BCUT2D eigenvalue weighted by Crippen LogP contribution is 2.30. The summed E-state index contributed by atoms with van der Waals surface area (Å²) in [6.07, 6.45) is 2.42. The number of amides is 1. The Bertz CT molecular complexity index is 782. The standard InChI is InChI=1S/C17H22N4O2/c1-19-9-7-13-15(17(19)23)12-5-6-14(18-16(12)20(13)2)21-8-3-4-11(22)10-21/h5-6,11,22H,3-4,7-10H2,1-2H3/t11-/m0/s1. The third-order valence-electron chi connectivity index (χ3n) is 5.11. The van der Waals surface area contributed by atoms with Gasteiger partial charge >= 0.3 is 0 Å². The Morgan fingerprint density at radius 1 is 1.26 bits per heavy atom. The van der Waals surface area contributed by atoms with E-state index in [1.165, 1.54) is 0 Å². The summed E-state index contributed by atoms with van der Waals surface area (Å²) in [5.41, 5.74) is 2.73. The van der Waals surface area contributed by atoms with Crippen molar-refractivity contribution >= 4 is 22.8 Å². The molecule has 23 heavy (non-hydrogen) atoms. The van der Waals surface area contributed by atoms with E-state index in [1.54, 1.807) is 4.90 Å². The second-order valence-electron chi connectivity index (χ2n) is 6.64. The number of rotatable bonds is 1. The van der Waals surface area contributed by atoms with Crippen molar-refractivity contribution in [2.45, 2.75) is 25.4 Å². The van der Waals surface area contributed by atoms with Crippen molar-refractivity contribution in [2.24, 2.45) is 7.05 Å². The topological polar surface area (TPSA) is 61.6 Å². The molecule has 6 nitrogen and oxygen atoms in total. The molecule has 4 rings (SSSR count). The fraction of sp³-hybridized carbons (Fsp3) is 0.529. The number of pyridine rings is 1. The van der Waals surface area contributed by atoms with Crippen LogP contribution in [0.4, 0.5) is 5.82 Å². The summed E-state index contributed by atoms with van der Waals surface area (Å²) in [5, 5.41) is 10.8. The van der Waals surface area contributed by atoms with Crippen LogP contribution in [0.2, 0.25) is 0 Å². The van der Waals surface area contributed by atoms with E-state index in [1.807, 2.05) is 26.2 Å². The lowest BCUT2D eigenvalue weighted by Crippen LogP contribution is -2.38. The summed E-state index contributed by atoms with van der Waals surface area (Å²) in [5.74, 6) is 0.967. The van der Waals surface area contributed by atoms with Crippen LogP contribution in [0.15, 0.2) is 12.1 Å². The second kappa shape index (κ2) is 5.23. The summed E-state index contributed by atoms with van der Waals surface area (Å²) in [6.45, 7) is 2.30. The molecule has 2 aliphatic heterocycles. The number of anilines is 1. The maximum absolute atomic E-state index is 12.5. The molecule has 1 fully saturated rings. The zero-order chi connectivity index (χ0) is 16.1. The first-order valence-corrected chi connectivity index (χ1v) is 8.23. The van der Waals surface area contributed by atoms with Crippen LogP contribution < -0.4 is 4.90 Å². The molecule has 122 valence electrons. The van der Waals surface area contributed by atoms with Crippen molar-refractivity contribution < 1.29 is 9.90 Å². The molecule has 0 radical (unpaired) electrons. The molecule has 2 aromatic rings. The summed E-state index contributed by atoms with van der Waals surface area (Å²) in [7, 11) is 3.84. The first kappa shape index (κ1) is 14.5. The maximum Gasteiger partial charge on any atom is 0.256 e. The Morgan fingerprint density at radius 3 is 2.87 bits per heavy atom. The minimum atomic E-state index is -0.280. The fourth-order valence-electron chi connectivity index (χ4n) is 3.78. The van der Waals surface area contributed by atoms with Crippen LogP contribution in [0.25, 0.3) is 11.0 Å². The number of hydrogen-bond donors (Lipinski definition) is 1. The summed E-state index contributed by atoms with van der Waals surface area (Å²) < 4.78 is 2.06. The molecule has 0 aliphatic carbocycles. The first-order chi connectivity index (χ1) is 11.1. The highest BCUT2D eigenvalue weighted by molar-refractivity contribution is 6.08. The van der Waals surface area contributed by atoms with Crippen LogP contribution in [0.5, 0.6) is 0 Å². The Labute approximate surface area is 135 Å². The van der Waals surface area contributed by atoms with Crippen molar-refractivity contribution in [1.82, 2.24) is 14.5 Å². The monoisotopic (exact) mass is 314 g/mol. The van der Waals surface area contributed by atoms with Gasteiger partial charge in [0.25, 0.3) is 5.91 Å². The van der Waals surface area contributed by atoms with Gasteiger partial charge in [0.2, 0.25) is 0 Å². The Morgan fingerprint density at radius 2 is 2.09 bits per heavy atom. The Kier molecular flexibility index (Phi) is 3.30. The molecular weight excluding hydrogens is 292 g/mol. The molecular formula is C17H22N4O2. The SMILES string of the molecule is CN1CCc2c(c3ccc(N4CCC[C@H](O)C4)nc3n2C)C1=O. The van der Waals surface area contributed by atoms with E-state index in [-0.39, 0.29) is 12.0 Å². The van der Waals surface area contributed by atoms with Gasteiger partial charge in [-0.15, -0.1) is 0 Å². The molecule has 2 aromatic heterocycles. The number of piperidine rings is 1. The molecule has 6 heteroatoms. The van der Waals surface area contributed by atoms with Crippen LogP contribution in [-0.4, -0.2) is 58.3 Å². The Hall–Kier alpha value is -2.08. The zero-order valence-corrected chi connectivity index (χ0v) is 13.6. The average molecular weight is 314 g/mol. The lowest BCUT2D eigenvalue weighted by atomic mass is 10.0. The van der Waals surface area contributed by atoms with Gasteiger partial charge in [0, 0.05) is 51.2 Å². The number of fused-ring (bicyclic) bond motifs is 3. The minimum Gasteiger partial charge on any atom is -0.391 e. The van der Waals surface area contributed by atoms with E-state index in [4.69, 9.17) is 4.98 Å². The number of β-amino-alcohol motifs (C(OH)–C–C–N with tert-alkyl or cyclic N) is 1. The van der Waals surface area contributed by atoms with Crippen LogP contribution in [0.1, 0.15) is 28.9 Å². The highest BCUT2D eigenvalue weighted by atomic mass is 16.3. The molecule has 1 N–H and O–H groups in total. The number of aliphatic hydroxyl groups excluding tert-OH is 1. The molecule has 1 saturated heterocycles. The van der Waals surface area contributed by atoms with Crippen molar-refractivity contribution in [3.63, 3.8) is 0 Å². The molecule has 0 bridgehead atoms. The molecule has 0 unspecified atom stereocenters. The third kappa shape index (κ3) is 2.20. The largest absolute Gasteiger partial charge is 0.391 e. The van der Waals surface area contributed by atoms with E-state index in [0.717, 1.165) is 60.5 Å². The van der Waals surface area contributed by atoms with Gasteiger partial charge in [0.1, 0.15) is 11.5 Å². The van der Waals surface area contributed by atoms with Gasteiger partial charge < -0.3 is 19.5 Å². The normalized spacial score (nSPS) is 21.9. The molecule has 0 aromatic carbocycles. The number of aromatic nitrogens is 2. The second-order valence-corrected chi connectivity index (χ2v) is 6.64. The fourth-order valence-corrected chi connectivity index (χ4v) is 3.78. The molecule has 2 aliphatic rings. The third-order valence-corrected chi connectivity index (χ3v) is 5.11. The average Bonchev–Trinajstić information content (AvgIpc) is 2.84. The van der Waals surface area contributed by atoms with Gasteiger partial charge in [-0.05, 0) is 25.0 Å². The van der Waals surface area contributed by atoms with E-state index < -0.39 is 0 Å². The number of aliphatic hydroxyl groups is 1. The smallest absolute Gasteiger partial charge is 0.256 e. The number of carbonyl (C=O) groups excluding carboxylic acids is 1. The first-order valence-electron chi connectivity index (χ1n) is 8.23. The van der Waals surface area contributed by atoms with Crippen molar-refractivity contribution in [3.8, 4) is 0 Å². The quantitative estimate of drug-likeness (QED) is 0.858. The molecule has 1 amide bonds. The Balaban J connectivity index is 1.81. The number of aryl methyl sites for hydroxylation is 1. The van der Waals surface area contributed by atoms with Crippen molar-refractivity contribution in [1.29, 1.82) is 0 Å². The van der Waals surface area contributed by atoms with Crippen LogP contribution in [0, 0.1) is 0 Å². The zero-order valence-electron chi connectivity index (χ0n) is 13.6. The van der Waals surface area contributed by atoms with Gasteiger partial charge in [-0.3, -0.25) is 4.79 Å².